The van der Waals surface area contributed by atoms with Gasteiger partial charge < -0.3 is 4.74 Å². The molecule has 0 aromatic heterocycles. The summed E-state index contributed by atoms with van der Waals surface area (Å²) in [5.41, 5.74) is -1.12. The van der Waals surface area contributed by atoms with E-state index in [2.05, 4.69) is 20.7 Å². The van der Waals surface area contributed by atoms with Gasteiger partial charge in [0.2, 0.25) is 11.6 Å². The van der Waals surface area contributed by atoms with Crippen molar-refractivity contribution in [2.24, 2.45) is 0 Å². The van der Waals surface area contributed by atoms with E-state index in [4.69, 9.17) is 0 Å². The average Bonchev–Trinajstić information content (AvgIpc) is 2.10. The predicted molar refractivity (Wildman–Crippen MR) is 47.4 cm³/mol. The second-order valence-electron chi connectivity index (χ2n) is 2.34. The van der Waals surface area contributed by atoms with Crippen molar-refractivity contribution in [3.05, 3.63) is 32.5 Å². The SMILES string of the molecule is O=[N+]([O-])c1c(F)ccc(Br)c1OC(F)F. The molecule has 8 heteroatoms. The Balaban J connectivity index is 3.31. The zero-order valence-electron chi connectivity index (χ0n) is 6.92. The summed E-state index contributed by atoms with van der Waals surface area (Å²) in [6, 6.07) is 1.82. The van der Waals surface area contributed by atoms with Crippen LogP contribution in [0.4, 0.5) is 18.9 Å². The van der Waals surface area contributed by atoms with Crippen LogP contribution in [0.25, 0.3) is 0 Å². The Kier molecular flexibility index (Phi) is 3.51. The summed E-state index contributed by atoms with van der Waals surface area (Å²) in [6.45, 7) is -3.26. The van der Waals surface area contributed by atoms with Gasteiger partial charge in [-0.3, -0.25) is 10.1 Å². The molecule has 0 bridgehead atoms. The lowest BCUT2D eigenvalue weighted by molar-refractivity contribution is -0.389. The highest BCUT2D eigenvalue weighted by Gasteiger charge is 2.26. The second-order valence-corrected chi connectivity index (χ2v) is 3.20. The molecule has 82 valence electrons. The molecule has 0 saturated carbocycles. The standard InChI is InChI=1S/C7H3BrF3NO3/c8-3-1-2-4(9)5(12(13)14)6(3)15-7(10)11/h1-2,7H. The van der Waals surface area contributed by atoms with E-state index in [1.807, 2.05) is 0 Å². The van der Waals surface area contributed by atoms with E-state index >= 15 is 0 Å². The summed E-state index contributed by atoms with van der Waals surface area (Å²) in [5.74, 6) is -2.06. The van der Waals surface area contributed by atoms with Gasteiger partial charge >= 0.3 is 12.3 Å². The van der Waals surface area contributed by atoms with Gasteiger partial charge in [-0.25, -0.2) is 0 Å². The molecule has 0 aliphatic rings. The smallest absolute Gasteiger partial charge is 0.387 e. The Labute approximate surface area is 89.9 Å². The molecule has 1 aromatic rings. The normalized spacial score (nSPS) is 10.5. The molecular weight excluding hydrogens is 283 g/mol. The van der Waals surface area contributed by atoms with Crippen molar-refractivity contribution in [1.82, 2.24) is 0 Å². The molecule has 15 heavy (non-hydrogen) atoms. The van der Waals surface area contributed by atoms with Crippen LogP contribution in [0, 0.1) is 15.9 Å². The Morgan fingerprint density at radius 1 is 1.47 bits per heavy atom. The van der Waals surface area contributed by atoms with E-state index in [0.717, 1.165) is 12.1 Å². The molecule has 0 aliphatic carbocycles. The predicted octanol–water partition coefficient (Wildman–Crippen LogP) is 3.10. The quantitative estimate of drug-likeness (QED) is 0.633. The van der Waals surface area contributed by atoms with Crippen LogP contribution in [0.3, 0.4) is 0 Å². The lowest BCUT2D eigenvalue weighted by Gasteiger charge is -2.07. The highest BCUT2D eigenvalue weighted by atomic mass is 79.9. The van der Waals surface area contributed by atoms with Crippen LogP contribution in [0.2, 0.25) is 0 Å². The average molecular weight is 286 g/mol. The summed E-state index contributed by atoms with van der Waals surface area (Å²) in [5, 5.41) is 10.4. The summed E-state index contributed by atoms with van der Waals surface area (Å²) in [4.78, 5) is 9.27. The van der Waals surface area contributed by atoms with E-state index in [9.17, 15) is 23.3 Å². The Morgan fingerprint density at radius 2 is 2.07 bits per heavy atom. The molecule has 0 atom stereocenters. The molecule has 4 nitrogen and oxygen atoms in total. The molecule has 0 saturated heterocycles. The van der Waals surface area contributed by atoms with Gasteiger partial charge in [-0.05, 0) is 28.1 Å². The number of hydrogen-bond donors (Lipinski definition) is 0. The third-order valence-electron chi connectivity index (χ3n) is 1.42. The van der Waals surface area contributed by atoms with Gasteiger partial charge in [-0.15, -0.1) is 0 Å². The summed E-state index contributed by atoms with van der Waals surface area (Å²) < 4.78 is 40.5. The number of alkyl halides is 2. The third-order valence-corrected chi connectivity index (χ3v) is 2.05. The minimum absolute atomic E-state index is 0.115. The number of ether oxygens (including phenoxy) is 1. The highest BCUT2D eigenvalue weighted by molar-refractivity contribution is 9.10. The minimum atomic E-state index is -3.26. The van der Waals surface area contributed by atoms with Crippen molar-refractivity contribution in [3.8, 4) is 5.75 Å². The number of benzene rings is 1. The van der Waals surface area contributed by atoms with Gasteiger partial charge in [0.15, 0.2) is 0 Å². The number of halogens is 4. The van der Waals surface area contributed by atoms with Gasteiger partial charge in [-0.2, -0.15) is 13.2 Å². The number of rotatable bonds is 3. The summed E-state index contributed by atoms with van der Waals surface area (Å²) in [6.07, 6.45) is 0. The highest BCUT2D eigenvalue weighted by Crippen LogP contribution is 2.37. The van der Waals surface area contributed by atoms with Crippen molar-refractivity contribution in [3.63, 3.8) is 0 Å². The maximum atomic E-state index is 12.9. The van der Waals surface area contributed by atoms with Crippen molar-refractivity contribution in [1.29, 1.82) is 0 Å². The van der Waals surface area contributed by atoms with E-state index in [1.54, 1.807) is 0 Å². The van der Waals surface area contributed by atoms with Gasteiger partial charge in [-0.1, -0.05) is 0 Å². The Hall–Kier alpha value is -1.31. The molecule has 1 aromatic carbocycles. The Bertz CT molecular complexity index is 399. The topological polar surface area (TPSA) is 52.4 Å². The van der Waals surface area contributed by atoms with Crippen LogP contribution in [-0.4, -0.2) is 11.5 Å². The summed E-state index contributed by atoms with van der Waals surface area (Å²) >= 11 is 2.75. The maximum absolute atomic E-state index is 12.9. The van der Waals surface area contributed by atoms with Gasteiger partial charge in [0, 0.05) is 0 Å². The molecule has 0 radical (unpaired) electrons. The van der Waals surface area contributed by atoms with Crippen LogP contribution >= 0.6 is 15.9 Å². The van der Waals surface area contributed by atoms with E-state index in [1.165, 1.54) is 0 Å². The molecule has 1 rings (SSSR count). The Morgan fingerprint density at radius 3 is 2.53 bits per heavy atom. The van der Waals surface area contributed by atoms with Gasteiger partial charge in [0.05, 0.1) is 9.40 Å². The first-order valence-electron chi connectivity index (χ1n) is 3.50. The van der Waals surface area contributed by atoms with Crippen molar-refractivity contribution in [2.75, 3.05) is 0 Å². The zero-order valence-corrected chi connectivity index (χ0v) is 8.50. The first-order chi connectivity index (χ1) is 6.93. The molecule has 0 N–H and O–H groups in total. The monoisotopic (exact) mass is 285 g/mol. The van der Waals surface area contributed by atoms with E-state index in [-0.39, 0.29) is 4.47 Å². The number of hydrogen-bond acceptors (Lipinski definition) is 3. The lowest BCUT2D eigenvalue weighted by atomic mass is 10.3. The van der Waals surface area contributed by atoms with E-state index < -0.39 is 28.8 Å². The molecule has 0 heterocycles. The molecule has 0 fully saturated rings. The molecular formula is C7H3BrF3NO3. The fourth-order valence-corrected chi connectivity index (χ4v) is 1.31. The first kappa shape index (κ1) is 11.8. The summed E-state index contributed by atoms with van der Waals surface area (Å²) in [7, 11) is 0. The van der Waals surface area contributed by atoms with Gasteiger partial charge in [0.1, 0.15) is 0 Å². The van der Waals surface area contributed by atoms with Crippen LogP contribution in [0.1, 0.15) is 0 Å². The number of nitro benzene ring substituents is 1. The third kappa shape index (κ3) is 2.58. The van der Waals surface area contributed by atoms with E-state index in [0.29, 0.717) is 0 Å². The lowest BCUT2D eigenvalue weighted by Crippen LogP contribution is -2.06. The fraction of sp³-hybridized carbons (Fsp3) is 0.143. The second kappa shape index (κ2) is 4.47. The molecule has 0 amide bonds. The van der Waals surface area contributed by atoms with Gasteiger partial charge in [0.25, 0.3) is 0 Å². The first-order valence-corrected chi connectivity index (χ1v) is 4.30. The maximum Gasteiger partial charge on any atom is 0.387 e. The molecule has 0 unspecified atom stereocenters. The zero-order chi connectivity index (χ0) is 11.6. The van der Waals surface area contributed by atoms with Crippen LogP contribution in [0.15, 0.2) is 16.6 Å². The molecule has 0 spiro atoms. The fourth-order valence-electron chi connectivity index (χ4n) is 0.894. The number of nitrogens with zero attached hydrogens (tertiary/aromatic N) is 1. The van der Waals surface area contributed by atoms with Crippen LogP contribution in [0.5, 0.6) is 5.75 Å². The van der Waals surface area contributed by atoms with Crippen molar-refractivity contribution in [2.45, 2.75) is 6.61 Å². The van der Waals surface area contributed by atoms with Crippen LogP contribution < -0.4 is 4.74 Å². The van der Waals surface area contributed by atoms with Crippen molar-refractivity contribution >= 4 is 21.6 Å². The van der Waals surface area contributed by atoms with Crippen LogP contribution in [-0.2, 0) is 0 Å². The number of nitro groups is 1. The largest absolute Gasteiger partial charge is 0.426 e. The van der Waals surface area contributed by atoms with Crippen molar-refractivity contribution < 1.29 is 22.8 Å². The minimum Gasteiger partial charge on any atom is -0.426 e. The molecule has 0 aliphatic heterocycles.